The summed E-state index contributed by atoms with van der Waals surface area (Å²) >= 11 is 0. The number of sulfonamides is 1. The van der Waals surface area contributed by atoms with Gasteiger partial charge in [0, 0.05) is 38.8 Å². The van der Waals surface area contributed by atoms with Crippen LogP contribution in [0.5, 0.6) is 0 Å². The first-order valence-corrected chi connectivity index (χ1v) is 11.5. The second-order valence-electron chi connectivity index (χ2n) is 7.80. The van der Waals surface area contributed by atoms with E-state index in [2.05, 4.69) is 20.1 Å². The smallest absolute Gasteiger partial charge is 0.238 e. The zero-order chi connectivity index (χ0) is 19.6. The van der Waals surface area contributed by atoms with Gasteiger partial charge in [-0.2, -0.15) is 0 Å². The molecule has 1 aliphatic carbocycles. The highest BCUT2D eigenvalue weighted by Gasteiger charge is 2.25. The van der Waals surface area contributed by atoms with Crippen LogP contribution in [0, 0.1) is 0 Å². The molecule has 0 radical (unpaired) electrons. The van der Waals surface area contributed by atoms with Gasteiger partial charge in [-0.15, -0.1) is 5.10 Å². The van der Waals surface area contributed by atoms with Crippen LogP contribution < -0.4 is 5.14 Å². The Balaban J connectivity index is 1.33. The Labute approximate surface area is 166 Å². The lowest BCUT2D eigenvalue weighted by atomic mass is 9.94. The van der Waals surface area contributed by atoms with Crippen LogP contribution in [0.1, 0.15) is 37.8 Å². The van der Waals surface area contributed by atoms with Gasteiger partial charge in [0.05, 0.1) is 22.5 Å². The Morgan fingerprint density at radius 2 is 1.68 bits per heavy atom. The van der Waals surface area contributed by atoms with E-state index in [0.29, 0.717) is 0 Å². The predicted octanol–water partition coefficient (Wildman–Crippen LogP) is 1.36. The van der Waals surface area contributed by atoms with Crippen LogP contribution >= 0.6 is 0 Å². The van der Waals surface area contributed by atoms with Gasteiger partial charge in [0.1, 0.15) is 0 Å². The monoisotopic (exact) mass is 404 g/mol. The normalized spacial score (nSPS) is 20.5. The third-order valence-corrected chi connectivity index (χ3v) is 6.78. The standard InChI is InChI=1S/C19H28N6O2S/c20-28(26,27)19-8-6-18(7-9-19)25-15-16(21-22-25)14-23-10-12-24(13-11-23)17-4-2-1-3-5-17/h6-9,15,17H,1-5,10-14H2,(H2,20,26,27). The molecule has 2 aliphatic rings. The molecule has 0 bridgehead atoms. The Morgan fingerprint density at radius 1 is 1.00 bits per heavy atom. The molecule has 0 spiro atoms. The van der Waals surface area contributed by atoms with Gasteiger partial charge in [-0.05, 0) is 37.1 Å². The Morgan fingerprint density at radius 3 is 2.32 bits per heavy atom. The maximum absolute atomic E-state index is 11.4. The van der Waals surface area contributed by atoms with Crippen molar-refractivity contribution < 1.29 is 8.42 Å². The van der Waals surface area contributed by atoms with E-state index in [0.717, 1.165) is 50.1 Å². The van der Waals surface area contributed by atoms with E-state index in [9.17, 15) is 8.42 Å². The topological polar surface area (TPSA) is 97.3 Å². The number of benzene rings is 1. The number of nitrogens with two attached hydrogens (primary N) is 1. The number of hydrogen-bond donors (Lipinski definition) is 1. The van der Waals surface area contributed by atoms with Crippen LogP contribution in [0.25, 0.3) is 5.69 Å². The molecule has 1 aromatic carbocycles. The number of piperazine rings is 1. The maximum atomic E-state index is 11.4. The molecule has 152 valence electrons. The van der Waals surface area contributed by atoms with Crippen LogP contribution in [0.15, 0.2) is 35.4 Å². The summed E-state index contributed by atoms with van der Waals surface area (Å²) in [6.07, 6.45) is 8.78. The second kappa shape index (κ2) is 8.28. The second-order valence-corrected chi connectivity index (χ2v) is 9.36. The highest BCUT2D eigenvalue weighted by atomic mass is 32.2. The van der Waals surface area contributed by atoms with Crippen molar-refractivity contribution in [1.29, 1.82) is 0 Å². The minimum absolute atomic E-state index is 0.0902. The lowest BCUT2D eigenvalue weighted by Gasteiger charge is -2.40. The van der Waals surface area contributed by atoms with Gasteiger partial charge in [0.15, 0.2) is 0 Å². The fraction of sp³-hybridized carbons (Fsp3) is 0.579. The molecule has 28 heavy (non-hydrogen) atoms. The maximum Gasteiger partial charge on any atom is 0.238 e. The molecule has 1 saturated heterocycles. The van der Waals surface area contributed by atoms with E-state index >= 15 is 0 Å². The molecular weight excluding hydrogens is 376 g/mol. The minimum Gasteiger partial charge on any atom is -0.298 e. The molecular formula is C19H28N6O2S. The third-order valence-electron chi connectivity index (χ3n) is 5.85. The van der Waals surface area contributed by atoms with Crippen molar-refractivity contribution in [2.45, 2.75) is 49.6 Å². The molecule has 4 rings (SSSR count). The van der Waals surface area contributed by atoms with Gasteiger partial charge < -0.3 is 0 Å². The summed E-state index contributed by atoms with van der Waals surface area (Å²) in [7, 11) is -3.68. The molecule has 8 nitrogen and oxygen atoms in total. The van der Waals surface area contributed by atoms with E-state index in [1.165, 1.54) is 44.2 Å². The van der Waals surface area contributed by atoms with Crippen molar-refractivity contribution in [2.24, 2.45) is 5.14 Å². The molecule has 0 amide bonds. The molecule has 2 aromatic rings. The predicted molar refractivity (Wildman–Crippen MR) is 106 cm³/mol. The largest absolute Gasteiger partial charge is 0.298 e. The lowest BCUT2D eigenvalue weighted by Crippen LogP contribution is -2.50. The summed E-state index contributed by atoms with van der Waals surface area (Å²) in [6.45, 7) is 5.17. The van der Waals surface area contributed by atoms with Crippen LogP contribution in [0.3, 0.4) is 0 Å². The average molecular weight is 405 g/mol. The highest BCUT2D eigenvalue weighted by molar-refractivity contribution is 7.89. The van der Waals surface area contributed by atoms with Gasteiger partial charge in [0.25, 0.3) is 0 Å². The van der Waals surface area contributed by atoms with Crippen LogP contribution in [-0.4, -0.2) is 65.4 Å². The van der Waals surface area contributed by atoms with Crippen LogP contribution in [0.2, 0.25) is 0 Å². The fourth-order valence-corrected chi connectivity index (χ4v) is 4.76. The number of hydrogen-bond acceptors (Lipinski definition) is 6. The van der Waals surface area contributed by atoms with Crippen LogP contribution in [0.4, 0.5) is 0 Å². The zero-order valence-electron chi connectivity index (χ0n) is 16.1. The third kappa shape index (κ3) is 4.60. The molecule has 2 N–H and O–H groups in total. The minimum atomic E-state index is -3.68. The van der Waals surface area contributed by atoms with Gasteiger partial charge in [-0.25, -0.2) is 18.2 Å². The SMILES string of the molecule is NS(=O)(=O)c1ccc(-n2cc(CN3CCN(C4CCCCC4)CC3)nn2)cc1. The summed E-state index contributed by atoms with van der Waals surface area (Å²) in [5.74, 6) is 0. The van der Waals surface area contributed by atoms with Gasteiger partial charge in [-0.1, -0.05) is 24.5 Å². The Kier molecular flexibility index (Phi) is 5.77. The van der Waals surface area contributed by atoms with Crippen molar-refractivity contribution in [2.75, 3.05) is 26.2 Å². The molecule has 1 aromatic heterocycles. The highest BCUT2D eigenvalue weighted by Crippen LogP contribution is 2.23. The molecule has 1 aliphatic heterocycles. The first-order valence-electron chi connectivity index (χ1n) is 10.00. The van der Waals surface area contributed by atoms with E-state index in [1.807, 2.05) is 6.20 Å². The number of primary sulfonamides is 1. The van der Waals surface area contributed by atoms with Crippen molar-refractivity contribution in [3.8, 4) is 5.69 Å². The van der Waals surface area contributed by atoms with E-state index in [-0.39, 0.29) is 4.90 Å². The fourth-order valence-electron chi connectivity index (χ4n) is 4.25. The zero-order valence-corrected chi connectivity index (χ0v) is 16.9. The molecule has 9 heteroatoms. The molecule has 0 atom stereocenters. The van der Waals surface area contributed by atoms with E-state index in [4.69, 9.17) is 5.14 Å². The summed E-state index contributed by atoms with van der Waals surface area (Å²) in [6, 6.07) is 7.12. The number of rotatable bonds is 5. The Bertz CT molecular complexity index is 881. The lowest BCUT2D eigenvalue weighted by molar-refractivity contribution is 0.0749. The summed E-state index contributed by atoms with van der Waals surface area (Å²) in [5.41, 5.74) is 1.68. The van der Waals surface area contributed by atoms with Crippen molar-refractivity contribution in [3.63, 3.8) is 0 Å². The van der Waals surface area contributed by atoms with Gasteiger partial charge in [0.2, 0.25) is 10.0 Å². The summed E-state index contributed by atoms with van der Waals surface area (Å²) in [4.78, 5) is 5.18. The molecule has 0 unspecified atom stereocenters. The molecule has 1 saturated carbocycles. The average Bonchev–Trinajstić information content (AvgIpc) is 3.17. The van der Waals surface area contributed by atoms with Crippen molar-refractivity contribution in [1.82, 2.24) is 24.8 Å². The first-order chi connectivity index (χ1) is 13.5. The molecule has 2 heterocycles. The van der Waals surface area contributed by atoms with Crippen molar-refractivity contribution in [3.05, 3.63) is 36.2 Å². The van der Waals surface area contributed by atoms with Crippen LogP contribution in [-0.2, 0) is 16.6 Å². The number of aromatic nitrogens is 3. The van der Waals surface area contributed by atoms with Gasteiger partial charge >= 0.3 is 0 Å². The number of nitrogens with zero attached hydrogens (tertiary/aromatic N) is 5. The van der Waals surface area contributed by atoms with Gasteiger partial charge in [-0.3, -0.25) is 9.80 Å². The molecule has 2 fully saturated rings. The van der Waals surface area contributed by atoms with E-state index in [1.54, 1.807) is 16.8 Å². The summed E-state index contributed by atoms with van der Waals surface area (Å²) < 4.78 is 24.4. The Hall–Kier alpha value is -1.81. The first kappa shape index (κ1) is 19.5. The van der Waals surface area contributed by atoms with E-state index < -0.39 is 10.0 Å². The van der Waals surface area contributed by atoms with Crippen molar-refractivity contribution >= 4 is 10.0 Å². The summed E-state index contributed by atoms with van der Waals surface area (Å²) in [5, 5.41) is 13.6. The quantitative estimate of drug-likeness (QED) is 0.808.